The number of methoxy groups -OCH3 is 2. The van der Waals surface area contributed by atoms with Gasteiger partial charge in [0.2, 0.25) is 0 Å². The molecule has 5 heteroatoms. The van der Waals surface area contributed by atoms with Crippen molar-refractivity contribution in [2.24, 2.45) is 0 Å². The first-order chi connectivity index (χ1) is 7.89. The van der Waals surface area contributed by atoms with Crippen molar-refractivity contribution in [3.8, 4) is 0 Å². The smallest absolute Gasteiger partial charge is 0.102 e. The van der Waals surface area contributed by atoms with Gasteiger partial charge in [-0.2, -0.15) is 0 Å². The fourth-order valence-corrected chi connectivity index (χ4v) is 1.15. The molecule has 0 saturated heterocycles. The van der Waals surface area contributed by atoms with Gasteiger partial charge in [0.05, 0.1) is 39.8 Å². The summed E-state index contributed by atoms with van der Waals surface area (Å²) in [7, 11) is 7.58. The van der Waals surface area contributed by atoms with E-state index in [9.17, 15) is 9.90 Å². The topological polar surface area (TPSA) is 58.6 Å². The highest BCUT2D eigenvalue weighted by Crippen LogP contribution is 2.00. The van der Waals surface area contributed by atoms with Crippen LogP contribution in [0.1, 0.15) is 19.8 Å². The van der Waals surface area contributed by atoms with Crippen LogP contribution in [0.3, 0.4) is 0 Å². The lowest BCUT2D eigenvalue weighted by atomic mass is 10.3. The average Bonchev–Trinajstić information content (AvgIpc) is 2.24. The molecule has 0 atom stereocenters. The number of quaternary nitrogens is 1. The van der Waals surface area contributed by atoms with Crippen molar-refractivity contribution < 1.29 is 23.9 Å². The molecule has 17 heavy (non-hydrogen) atoms. The number of ether oxygens (including phenoxy) is 2. The number of hydrogen-bond acceptors (Lipinski definition) is 4. The number of likely N-dealkylation sites (N-methyl/N-ethyl adjacent to an activating group) is 1. The van der Waals surface area contributed by atoms with Crippen LogP contribution < -0.4 is 5.11 Å². The molecule has 0 aromatic carbocycles. The molecule has 0 aliphatic carbocycles. The third kappa shape index (κ3) is 17.9. The molecule has 0 amide bonds. The third-order valence-corrected chi connectivity index (χ3v) is 2.28. The normalized spacial score (nSPS) is 10.6. The Morgan fingerprint density at radius 2 is 1.76 bits per heavy atom. The second kappa shape index (κ2) is 11.8. The Hall–Kier alpha value is -0.650. The van der Waals surface area contributed by atoms with Crippen LogP contribution in [0.2, 0.25) is 0 Å². The molecule has 0 aliphatic rings. The van der Waals surface area contributed by atoms with Gasteiger partial charge in [0, 0.05) is 14.2 Å². The molecule has 0 radical (unpaired) electrons. The molecule has 0 saturated carbocycles. The predicted octanol–water partition coefficient (Wildman–Crippen LogP) is -0.108. The summed E-state index contributed by atoms with van der Waals surface area (Å²) in [4.78, 5) is 9.36. The second-order valence-electron chi connectivity index (χ2n) is 4.53. The van der Waals surface area contributed by atoms with E-state index in [0.717, 1.165) is 17.6 Å². The molecule has 104 valence electrons. The Morgan fingerprint density at radius 3 is 2.06 bits per heavy atom. The summed E-state index contributed by atoms with van der Waals surface area (Å²) in [5.74, 6) is -1.18. The van der Waals surface area contributed by atoms with Crippen molar-refractivity contribution in [2.45, 2.75) is 19.8 Å². The van der Waals surface area contributed by atoms with E-state index in [1.807, 2.05) is 0 Å². The van der Waals surface area contributed by atoms with Gasteiger partial charge >= 0.3 is 0 Å². The zero-order valence-corrected chi connectivity index (χ0v) is 11.8. The third-order valence-electron chi connectivity index (χ3n) is 2.28. The van der Waals surface area contributed by atoms with Crippen LogP contribution in [0.4, 0.5) is 0 Å². The number of nitrogens with zero attached hydrogens (tertiary/aromatic N) is 1. The van der Waals surface area contributed by atoms with Gasteiger partial charge in [0.25, 0.3) is 0 Å². The van der Waals surface area contributed by atoms with E-state index in [2.05, 4.69) is 25.8 Å². The fourth-order valence-electron chi connectivity index (χ4n) is 1.15. The highest BCUT2D eigenvalue weighted by Gasteiger charge is 2.12. The van der Waals surface area contributed by atoms with Gasteiger partial charge in [-0.1, -0.05) is 13.3 Å². The van der Waals surface area contributed by atoms with Crippen molar-refractivity contribution >= 4 is 5.97 Å². The summed E-state index contributed by atoms with van der Waals surface area (Å²) in [5, 5.41) is 9.36. The van der Waals surface area contributed by atoms with Gasteiger partial charge in [-0.05, 0) is 6.42 Å². The van der Waals surface area contributed by atoms with Crippen LogP contribution in [0.5, 0.6) is 0 Å². The molecule has 0 fully saturated rings. The minimum atomic E-state index is -1.18. The standard InChI is InChI=1S/C9H22NO.C3H6O3/c1-5-6-7-10(2,3)8-9-11-4;1-6-2-3(4)5/h5-9H2,1-4H3;2H2,1H3,(H,4,5)/q+1;/p-1. The molecule has 0 unspecified atom stereocenters. The first-order valence-electron chi connectivity index (χ1n) is 5.89. The van der Waals surface area contributed by atoms with Crippen molar-refractivity contribution in [3.63, 3.8) is 0 Å². The van der Waals surface area contributed by atoms with Crippen LogP contribution in [0.15, 0.2) is 0 Å². The van der Waals surface area contributed by atoms with E-state index in [-0.39, 0.29) is 6.61 Å². The van der Waals surface area contributed by atoms with Crippen LogP contribution in [0.25, 0.3) is 0 Å². The van der Waals surface area contributed by atoms with Gasteiger partial charge in [-0.15, -0.1) is 0 Å². The molecule has 0 rings (SSSR count). The van der Waals surface area contributed by atoms with Crippen molar-refractivity contribution in [2.75, 3.05) is 54.6 Å². The predicted molar refractivity (Wildman–Crippen MR) is 65.5 cm³/mol. The van der Waals surface area contributed by atoms with E-state index >= 15 is 0 Å². The molecular weight excluding hydrogens is 222 g/mol. The van der Waals surface area contributed by atoms with Gasteiger partial charge in [-0.3, -0.25) is 0 Å². The van der Waals surface area contributed by atoms with Gasteiger partial charge in [0.15, 0.2) is 0 Å². The molecule has 0 aliphatic heterocycles. The number of carboxylic acid groups (broad SMARTS) is 1. The summed E-state index contributed by atoms with van der Waals surface area (Å²) in [6.07, 6.45) is 2.60. The van der Waals surface area contributed by atoms with Crippen LogP contribution in [-0.4, -0.2) is 65.1 Å². The maximum Gasteiger partial charge on any atom is 0.102 e. The summed E-state index contributed by atoms with van der Waals surface area (Å²) in [6.45, 7) is 5.17. The first kappa shape index (κ1) is 18.7. The fraction of sp³-hybridized carbons (Fsp3) is 0.917. The maximum absolute atomic E-state index is 9.36. The highest BCUT2D eigenvalue weighted by molar-refractivity contribution is 5.65. The van der Waals surface area contributed by atoms with Crippen LogP contribution in [-0.2, 0) is 14.3 Å². The molecule has 0 bridgehead atoms. The van der Waals surface area contributed by atoms with Crippen molar-refractivity contribution in [1.82, 2.24) is 0 Å². The lowest BCUT2D eigenvalue weighted by molar-refractivity contribution is -0.890. The molecule has 0 heterocycles. The minimum Gasteiger partial charge on any atom is -0.548 e. The number of carboxylic acids is 1. The summed E-state index contributed by atoms with van der Waals surface area (Å²) in [5.41, 5.74) is 0. The molecule has 0 N–H and O–H groups in total. The summed E-state index contributed by atoms with van der Waals surface area (Å²) in [6, 6.07) is 0. The number of carbonyl (C=O) groups is 1. The van der Waals surface area contributed by atoms with E-state index in [0.29, 0.717) is 0 Å². The van der Waals surface area contributed by atoms with Gasteiger partial charge in [-0.25, -0.2) is 0 Å². The van der Waals surface area contributed by atoms with E-state index in [4.69, 9.17) is 4.74 Å². The van der Waals surface area contributed by atoms with E-state index in [1.165, 1.54) is 26.5 Å². The number of rotatable bonds is 8. The molecule has 5 nitrogen and oxygen atoms in total. The zero-order valence-electron chi connectivity index (χ0n) is 11.8. The number of hydrogen-bond donors (Lipinski definition) is 0. The molecular formula is C12H27NO4. The largest absolute Gasteiger partial charge is 0.548 e. The van der Waals surface area contributed by atoms with Gasteiger partial charge < -0.3 is 23.9 Å². The molecule has 0 aromatic rings. The van der Waals surface area contributed by atoms with Crippen LogP contribution in [0, 0.1) is 0 Å². The number of aliphatic carboxylic acids is 1. The molecule has 0 aromatic heterocycles. The Morgan fingerprint density at radius 1 is 1.18 bits per heavy atom. The first-order valence-corrected chi connectivity index (χ1v) is 5.89. The van der Waals surface area contributed by atoms with Crippen molar-refractivity contribution in [1.29, 1.82) is 0 Å². The second-order valence-corrected chi connectivity index (χ2v) is 4.53. The van der Waals surface area contributed by atoms with Crippen LogP contribution >= 0.6 is 0 Å². The summed E-state index contributed by atoms with van der Waals surface area (Å²) >= 11 is 0. The lowest BCUT2D eigenvalue weighted by Crippen LogP contribution is -2.42. The van der Waals surface area contributed by atoms with E-state index < -0.39 is 5.97 Å². The minimum absolute atomic E-state index is 0.319. The van der Waals surface area contributed by atoms with Crippen molar-refractivity contribution in [3.05, 3.63) is 0 Å². The Kier molecular flexibility index (Phi) is 13.0. The monoisotopic (exact) mass is 249 g/mol. The zero-order chi connectivity index (χ0) is 13.7. The average molecular weight is 249 g/mol. The Labute approximate surface area is 105 Å². The van der Waals surface area contributed by atoms with Gasteiger partial charge in [0.1, 0.15) is 6.54 Å². The lowest BCUT2D eigenvalue weighted by Gasteiger charge is -2.29. The number of carbonyl (C=O) groups excluding carboxylic acids is 1. The summed E-state index contributed by atoms with van der Waals surface area (Å²) < 4.78 is 10.3. The molecule has 0 spiro atoms. The quantitative estimate of drug-likeness (QED) is 0.563. The SMILES string of the molecule is CCCC[N+](C)(C)CCOC.COCC(=O)[O-]. The Balaban J connectivity index is 0. The van der Waals surface area contributed by atoms with E-state index in [1.54, 1.807) is 7.11 Å². The maximum atomic E-state index is 9.36. The number of unbranched alkanes of at least 4 members (excludes halogenated alkanes) is 1. The Bertz CT molecular complexity index is 173. The highest BCUT2D eigenvalue weighted by atomic mass is 16.5.